The second-order valence-electron chi connectivity index (χ2n) is 4.93. The molecule has 0 aliphatic rings. The first-order valence-corrected chi connectivity index (χ1v) is 7.67. The minimum absolute atomic E-state index is 0.00830. The Kier molecular flexibility index (Phi) is 4.84. The molecule has 0 saturated heterocycles. The second-order valence-corrected chi connectivity index (χ2v) is 7.27. The zero-order chi connectivity index (χ0) is 14.8. The maximum atomic E-state index is 12.4. The largest absolute Gasteiger partial charge is 0.397 e. The number of nitrogens with two attached hydrogens (primary N) is 1. The Labute approximate surface area is 119 Å². The highest BCUT2D eigenvalue weighted by atomic mass is 35.5. The van der Waals surface area contributed by atoms with Gasteiger partial charge in [0.1, 0.15) is 0 Å². The molecule has 1 aromatic rings. The van der Waals surface area contributed by atoms with Gasteiger partial charge in [0.05, 0.1) is 21.2 Å². The highest BCUT2D eigenvalue weighted by molar-refractivity contribution is 7.89. The van der Waals surface area contributed by atoms with Gasteiger partial charge in [0.15, 0.2) is 0 Å². The van der Waals surface area contributed by atoms with Crippen LogP contribution in [0, 0.1) is 0 Å². The average molecular weight is 307 g/mol. The summed E-state index contributed by atoms with van der Waals surface area (Å²) in [4.78, 5) is 0.0699. The molecule has 0 bridgehead atoms. The molecule has 1 rings (SSSR count). The van der Waals surface area contributed by atoms with Crippen LogP contribution in [0.5, 0.6) is 0 Å². The zero-order valence-electron chi connectivity index (χ0n) is 11.2. The fraction of sp³-hybridized carbons (Fsp3) is 0.500. The van der Waals surface area contributed by atoms with Crippen LogP contribution >= 0.6 is 11.6 Å². The van der Waals surface area contributed by atoms with Gasteiger partial charge >= 0.3 is 0 Å². The van der Waals surface area contributed by atoms with Crippen LogP contribution in [-0.2, 0) is 10.0 Å². The van der Waals surface area contributed by atoms with Crippen molar-refractivity contribution in [2.75, 3.05) is 18.8 Å². The number of benzene rings is 1. The van der Waals surface area contributed by atoms with E-state index in [-0.39, 0.29) is 23.7 Å². The highest BCUT2D eigenvalue weighted by Gasteiger charge is 2.28. The van der Waals surface area contributed by atoms with E-state index in [1.54, 1.807) is 20.8 Å². The van der Waals surface area contributed by atoms with Crippen LogP contribution in [0.1, 0.15) is 20.8 Å². The van der Waals surface area contributed by atoms with Crippen molar-refractivity contribution in [3.05, 3.63) is 23.2 Å². The van der Waals surface area contributed by atoms with E-state index in [1.165, 1.54) is 22.5 Å². The molecule has 0 unspecified atom stereocenters. The molecule has 0 atom stereocenters. The van der Waals surface area contributed by atoms with Gasteiger partial charge in [-0.3, -0.25) is 0 Å². The molecule has 0 spiro atoms. The molecule has 19 heavy (non-hydrogen) atoms. The van der Waals surface area contributed by atoms with Gasteiger partial charge in [-0.25, -0.2) is 8.42 Å². The van der Waals surface area contributed by atoms with Crippen molar-refractivity contribution >= 4 is 27.3 Å². The Morgan fingerprint density at radius 3 is 2.42 bits per heavy atom. The summed E-state index contributed by atoms with van der Waals surface area (Å²) in [5.74, 6) is 0. The number of hydrogen-bond acceptors (Lipinski definition) is 4. The monoisotopic (exact) mass is 306 g/mol. The van der Waals surface area contributed by atoms with Gasteiger partial charge < -0.3 is 10.8 Å². The molecule has 7 heteroatoms. The zero-order valence-corrected chi connectivity index (χ0v) is 12.8. The van der Waals surface area contributed by atoms with Crippen molar-refractivity contribution in [2.24, 2.45) is 0 Å². The molecular formula is C12H19ClN2O3S. The maximum Gasteiger partial charge on any atom is 0.243 e. The van der Waals surface area contributed by atoms with E-state index in [9.17, 15) is 13.5 Å². The highest BCUT2D eigenvalue weighted by Crippen LogP contribution is 2.25. The van der Waals surface area contributed by atoms with Gasteiger partial charge in [0.25, 0.3) is 0 Å². The summed E-state index contributed by atoms with van der Waals surface area (Å²) in [5, 5.41) is 10.1. The number of anilines is 1. The molecule has 0 amide bonds. The number of aliphatic hydroxyl groups is 1. The summed E-state index contributed by atoms with van der Waals surface area (Å²) >= 11 is 5.78. The Hall–Kier alpha value is -0.820. The summed E-state index contributed by atoms with van der Waals surface area (Å²) < 4.78 is 26.0. The standard InChI is InChI=1S/C12H19ClN2O3S/c1-4-15(8-12(2,3)16)19(17,18)9-5-6-10(13)11(14)7-9/h5-7,16H,4,8,14H2,1-3H3. The molecule has 0 aliphatic carbocycles. The number of halogens is 1. The number of hydrogen-bond donors (Lipinski definition) is 2. The molecule has 3 N–H and O–H groups in total. The van der Waals surface area contributed by atoms with E-state index >= 15 is 0 Å². The molecule has 0 aromatic heterocycles. The predicted octanol–water partition coefficient (Wildman–Crippen LogP) is 1.70. The maximum absolute atomic E-state index is 12.4. The van der Waals surface area contributed by atoms with Gasteiger partial charge in [0, 0.05) is 13.1 Å². The molecule has 0 radical (unpaired) electrons. The molecular weight excluding hydrogens is 288 g/mol. The average Bonchev–Trinajstić information content (AvgIpc) is 2.28. The Morgan fingerprint density at radius 1 is 1.42 bits per heavy atom. The fourth-order valence-corrected chi connectivity index (χ4v) is 3.39. The van der Waals surface area contributed by atoms with Crippen LogP contribution in [0.3, 0.4) is 0 Å². The number of nitrogens with zero attached hydrogens (tertiary/aromatic N) is 1. The summed E-state index contributed by atoms with van der Waals surface area (Å²) in [6.45, 7) is 5.09. The molecule has 0 heterocycles. The van der Waals surface area contributed by atoms with Gasteiger partial charge in [-0.15, -0.1) is 0 Å². The third-order valence-corrected chi connectivity index (χ3v) is 4.78. The van der Waals surface area contributed by atoms with Crippen LogP contribution in [0.25, 0.3) is 0 Å². The minimum atomic E-state index is -3.69. The van der Waals surface area contributed by atoms with Crippen LogP contribution < -0.4 is 5.73 Å². The van der Waals surface area contributed by atoms with Crippen LogP contribution in [-0.4, -0.2) is 36.5 Å². The number of rotatable bonds is 5. The van der Waals surface area contributed by atoms with Crippen molar-refractivity contribution in [3.63, 3.8) is 0 Å². The van der Waals surface area contributed by atoms with Gasteiger partial charge in [-0.1, -0.05) is 18.5 Å². The smallest absolute Gasteiger partial charge is 0.243 e. The van der Waals surface area contributed by atoms with E-state index in [2.05, 4.69) is 0 Å². The molecule has 1 aromatic carbocycles. The van der Waals surface area contributed by atoms with E-state index < -0.39 is 15.6 Å². The van der Waals surface area contributed by atoms with E-state index in [0.717, 1.165) is 0 Å². The summed E-state index contributed by atoms with van der Waals surface area (Å²) in [6.07, 6.45) is 0. The molecule has 108 valence electrons. The Morgan fingerprint density at radius 2 is 2.00 bits per heavy atom. The van der Waals surface area contributed by atoms with Crippen molar-refractivity contribution in [1.29, 1.82) is 0 Å². The second kappa shape index (κ2) is 5.66. The lowest BCUT2D eigenvalue weighted by molar-refractivity contribution is 0.0601. The number of sulfonamides is 1. The van der Waals surface area contributed by atoms with Gasteiger partial charge in [-0.2, -0.15) is 4.31 Å². The Balaban J connectivity index is 3.17. The van der Waals surface area contributed by atoms with Crippen LogP contribution in [0.15, 0.2) is 23.1 Å². The minimum Gasteiger partial charge on any atom is -0.397 e. The third-order valence-electron chi connectivity index (χ3n) is 2.52. The topological polar surface area (TPSA) is 83.6 Å². The first-order valence-electron chi connectivity index (χ1n) is 5.85. The van der Waals surface area contributed by atoms with Crippen molar-refractivity contribution in [3.8, 4) is 0 Å². The first-order chi connectivity index (χ1) is 8.58. The van der Waals surface area contributed by atoms with Crippen LogP contribution in [0.2, 0.25) is 5.02 Å². The predicted molar refractivity (Wildman–Crippen MR) is 76.6 cm³/mol. The van der Waals surface area contributed by atoms with Crippen LogP contribution in [0.4, 0.5) is 5.69 Å². The lowest BCUT2D eigenvalue weighted by atomic mass is 10.1. The van der Waals surface area contributed by atoms with E-state index in [0.29, 0.717) is 5.02 Å². The fourth-order valence-electron chi connectivity index (χ4n) is 1.63. The number of likely N-dealkylation sites (N-methyl/N-ethyl adjacent to an activating group) is 1. The molecule has 5 nitrogen and oxygen atoms in total. The first kappa shape index (κ1) is 16.2. The van der Waals surface area contributed by atoms with Gasteiger partial charge in [-0.05, 0) is 32.0 Å². The summed E-state index contributed by atoms with van der Waals surface area (Å²) in [6, 6.07) is 4.17. The quantitative estimate of drug-likeness (QED) is 0.811. The molecule has 0 fully saturated rings. The van der Waals surface area contributed by atoms with Crippen molar-refractivity contribution in [2.45, 2.75) is 31.3 Å². The SMILES string of the molecule is CCN(CC(C)(C)O)S(=O)(=O)c1ccc(Cl)c(N)c1. The Bertz CT molecular complexity index is 553. The van der Waals surface area contributed by atoms with E-state index in [1.807, 2.05) is 0 Å². The molecule has 0 aliphatic heterocycles. The normalized spacial score (nSPS) is 12.9. The van der Waals surface area contributed by atoms with E-state index in [4.69, 9.17) is 17.3 Å². The lowest BCUT2D eigenvalue weighted by Gasteiger charge is -2.27. The summed E-state index contributed by atoms with van der Waals surface area (Å²) in [5.41, 5.74) is 4.72. The summed E-state index contributed by atoms with van der Waals surface area (Å²) in [7, 11) is -3.69. The van der Waals surface area contributed by atoms with Crippen molar-refractivity contribution in [1.82, 2.24) is 4.31 Å². The third kappa shape index (κ3) is 4.07. The lowest BCUT2D eigenvalue weighted by Crippen LogP contribution is -2.42. The molecule has 0 saturated carbocycles. The number of nitrogen functional groups attached to an aromatic ring is 1. The van der Waals surface area contributed by atoms with Gasteiger partial charge in [0.2, 0.25) is 10.0 Å². The van der Waals surface area contributed by atoms with Crippen molar-refractivity contribution < 1.29 is 13.5 Å².